The highest BCUT2D eigenvalue weighted by Crippen LogP contribution is 2.17. The van der Waals surface area contributed by atoms with Crippen LogP contribution in [-0.2, 0) is 19.6 Å². The topological polar surface area (TPSA) is 118 Å². The minimum Gasteiger partial charge on any atom is -0.494 e. The number of rotatable bonds is 10. The smallest absolute Gasteiger partial charge is 0.336 e. The summed E-state index contributed by atoms with van der Waals surface area (Å²) in [4.78, 5) is 47.3. The SMILES string of the molecule is C=CCn1c(=O)n(CC=C)c(=O)n(CCCOc2ccc([N+](=O)[O-])cc2)c1=O. The van der Waals surface area contributed by atoms with Gasteiger partial charge in [-0.05, 0) is 18.6 Å². The molecule has 1 aromatic carbocycles. The Balaban J connectivity index is 2.15. The Morgan fingerprint density at radius 2 is 1.43 bits per heavy atom. The molecule has 2 rings (SSSR count). The summed E-state index contributed by atoms with van der Waals surface area (Å²) in [6.45, 7) is 7.20. The van der Waals surface area contributed by atoms with E-state index < -0.39 is 22.0 Å². The molecule has 0 saturated heterocycles. The largest absolute Gasteiger partial charge is 0.494 e. The van der Waals surface area contributed by atoms with Crippen molar-refractivity contribution in [2.75, 3.05) is 6.61 Å². The second-order valence-corrected chi connectivity index (χ2v) is 5.75. The van der Waals surface area contributed by atoms with Crippen LogP contribution in [0.1, 0.15) is 6.42 Å². The van der Waals surface area contributed by atoms with Crippen molar-refractivity contribution in [2.24, 2.45) is 0 Å². The molecular formula is C18H20N4O6. The fraction of sp³-hybridized carbons (Fsp3) is 0.278. The molecule has 1 heterocycles. The molecule has 0 aliphatic rings. The van der Waals surface area contributed by atoms with Gasteiger partial charge >= 0.3 is 17.1 Å². The van der Waals surface area contributed by atoms with Crippen LogP contribution < -0.4 is 21.8 Å². The molecule has 148 valence electrons. The zero-order valence-electron chi connectivity index (χ0n) is 15.2. The first-order valence-electron chi connectivity index (χ1n) is 8.44. The van der Waals surface area contributed by atoms with Crippen molar-refractivity contribution in [3.63, 3.8) is 0 Å². The van der Waals surface area contributed by atoms with E-state index in [-0.39, 0.29) is 31.9 Å². The maximum atomic E-state index is 12.5. The van der Waals surface area contributed by atoms with Crippen LogP contribution in [-0.4, -0.2) is 25.2 Å². The lowest BCUT2D eigenvalue weighted by atomic mass is 10.3. The Morgan fingerprint density at radius 3 is 1.89 bits per heavy atom. The van der Waals surface area contributed by atoms with Gasteiger partial charge in [0.2, 0.25) is 0 Å². The number of nitro benzene ring substituents is 1. The quantitative estimate of drug-likeness (QED) is 0.258. The van der Waals surface area contributed by atoms with Crippen molar-refractivity contribution >= 4 is 5.69 Å². The monoisotopic (exact) mass is 388 g/mol. The molecule has 0 aliphatic heterocycles. The molecule has 0 radical (unpaired) electrons. The molecule has 28 heavy (non-hydrogen) atoms. The van der Waals surface area contributed by atoms with Gasteiger partial charge in [-0.15, -0.1) is 13.2 Å². The maximum absolute atomic E-state index is 12.5. The van der Waals surface area contributed by atoms with Gasteiger partial charge in [-0.25, -0.2) is 28.1 Å². The minimum absolute atomic E-state index is 0.0195. The normalized spacial score (nSPS) is 10.4. The van der Waals surface area contributed by atoms with Crippen LogP contribution in [0.4, 0.5) is 5.69 Å². The van der Waals surface area contributed by atoms with Crippen LogP contribution in [0.5, 0.6) is 5.75 Å². The number of allylic oxidation sites excluding steroid dienone is 2. The summed E-state index contributed by atoms with van der Waals surface area (Å²) in [5, 5.41) is 10.6. The van der Waals surface area contributed by atoms with Gasteiger partial charge in [-0.2, -0.15) is 0 Å². The molecule has 1 aromatic heterocycles. The zero-order chi connectivity index (χ0) is 20.7. The van der Waals surface area contributed by atoms with Crippen molar-refractivity contribution in [1.82, 2.24) is 13.7 Å². The fourth-order valence-electron chi connectivity index (χ4n) is 2.52. The van der Waals surface area contributed by atoms with Crippen molar-refractivity contribution in [3.8, 4) is 5.75 Å². The fourth-order valence-corrected chi connectivity index (χ4v) is 2.52. The predicted octanol–water partition coefficient (Wildman–Crippen LogP) is 0.921. The predicted molar refractivity (Wildman–Crippen MR) is 103 cm³/mol. The first-order chi connectivity index (χ1) is 13.4. The van der Waals surface area contributed by atoms with Crippen molar-refractivity contribution in [1.29, 1.82) is 0 Å². The highest BCUT2D eigenvalue weighted by atomic mass is 16.6. The number of nitro groups is 1. The van der Waals surface area contributed by atoms with Crippen molar-refractivity contribution in [2.45, 2.75) is 26.1 Å². The molecule has 10 heteroatoms. The number of benzene rings is 1. The maximum Gasteiger partial charge on any atom is 0.336 e. The standard InChI is InChI=1S/C18H20N4O6/c1-3-10-19-16(23)20(11-4-2)18(25)21(17(19)24)12-5-13-28-15-8-6-14(7-9-15)22(26)27/h3-4,6-9H,1-2,5,10-13H2. The van der Waals surface area contributed by atoms with Crippen LogP contribution in [0.15, 0.2) is 64.0 Å². The average Bonchev–Trinajstić information content (AvgIpc) is 2.68. The molecule has 10 nitrogen and oxygen atoms in total. The van der Waals surface area contributed by atoms with E-state index in [1.807, 2.05) is 0 Å². The second-order valence-electron chi connectivity index (χ2n) is 5.75. The molecule has 0 atom stereocenters. The van der Waals surface area contributed by atoms with Crippen LogP contribution in [0.3, 0.4) is 0 Å². The zero-order valence-corrected chi connectivity index (χ0v) is 15.2. The Hall–Kier alpha value is -3.69. The van der Waals surface area contributed by atoms with E-state index in [9.17, 15) is 24.5 Å². The van der Waals surface area contributed by atoms with E-state index in [0.717, 1.165) is 13.7 Å². The Kier molecular flexibility index (Phi) is 6.85. The van der Waals surface area contributed by atoms with Crippen molar-refractivity contribution in [3.05, 3.63) is 91.1 Å². The number of hydrogen-bond donors (Lipinski definition) is 0. The second kappa shape index (κ2) is 9.31. The van der Waals surface area contributed by atoms with Gasteiger partial charge in [0.05, 0.1) is 24.6 Å². The number of nitrogens with zero attached hydrogens (tertiary/aromatic N) is 4. The van der Waals surface area contributed by atoms with Gasteiger partial charge < -0.3 is 4.74 Å². The van der Waals surface area contributed by atoms with E-state index in [0.29, 0.717) is 12.2 Å². The molecule has 0 aliphatic carbocycles. The average molecular weight is 388 g/mol. The van der Waals surface area contributed by atoms with Crippen molar-refractivity contribution < 1.29 is 9.66 Å². The highest BCUT2D eigenvalue weighted by Gasteiger charge is 2.14. The van der Waals surface area contributed by atoms with E-state index in [2.05, 4.69) is 13.2 Å². The lowest BCUT2D eigenvalue weighted by Crippen LogP contribution is -2.54. The lowest BCUT2D eigenvalue weighted by molar-refractivity contribution is -0.384. The Bertz CT molecular complexity index is 997. The third-order valence-corrected chi connectivity index (χ3v) is 3.85. The molecule has 2 aromatic rings. The Morgan fingerprint density at radius 1 is 0.929 bits per heavy atom. The third kappa shape index (κ3) is 4.53. The van der Waals surface area contributed by atoms with Crippen LogP contribution in [0.25, 0.3) is 0 Å². The summed E-state index contributed by atoms with van der Waals surface area (Å²) in [5.74, 6) is 0.429. The lowest BCUT2D eigenvalue weighted by Gasteiger charge is -2.12. The van der Waals surface area contributed by atoms with Gasteiger partial charge in [0, 0.05) is 18.7 Å². The summed E-state index contributed by atoms with van der Waals surface area (Å²) in [7, 11) is 0. The third-order valence-electron chi connectivity index (χ3n) is 3.85. The van der Waals surface area contributed by atoms with Crippen LogP contribution in [0.2, 0.25) is 0 Å². The van der Waals surface area contributed by atoms with Gasteiger partial charge in [0.25, 0.3) is 5.69 Å². The van der Waals surface area contributed by atoms with E-state index in [4.69, 9.17) is 4.74 Å². The number of hydrogen-bond acceptors (Lipinski definition) is 6. The van der Waals surface area contributed by atoms with E-state index >= 15 is 0 Å². The van der Waals surface area contributed by atoms with E-state index in [1.165, 1.54) is 36.4 Å². The number of aromatic nitrogens is 3. The first-order valence-corrected chi connectivity index (χ1v) is 8.44. The van der Waals surface area contributed by atoms with Crippen LogP contribution in [0, 0.1) is 10.1 Å². The van der Waals surface area contributed by atoms with Gasteiger partial charge in [0.1, 0.15) is 5.75 Å². The van der Waals surface area contributed by atoms with Crippen LogP contribution >= 0.6 is 0 Å². The van der Waals surface area contributed by atoms with Gasteiger partial charge in [-0.3, -0.25) is 10.1 Å². The Labute approximate surface area is 159 Å². The molecule has 0 N–H and O–H groups in total. The van der Waals surface area contributed by atoms with E-state index in [1.54, 1.807) is 0 Å². The molecule has 0 fully saturated rings. The summed E-state index contributed by atoms with van der Waals surface area (Å²) >= 11 is 0. The first kappa shape index (κ1) is 20.6. The molecule has 0 saturated carbocycles. The summed E-state index contributed by atoms with van der Waals surface area (Å²) in [6, 6.07) is 5.56. The minimum atomic E-state index is -0.717. The van der Waals surface area contributed by atoms with Gasteiger partial charge in [-0.1, -0.05) is 12.2 Å². The number of non-ortho nitro benzene ring substituents is 1. The summed E-state index contributed by atoms with van der Waals surface area (Å²) < 4.78 is 8.29. The molecular weight excluding hydrogens is 368 g/mol. The molecule has 0 bridgehead atoms. The summed E-state index contributed by atoms with van der Waals surface area (Å²) in [5.41, 5.74) is -2.20. The number of ether oxygens (including phenoxy) is 1. The highest BCUT2D eigenvalue weighted by molar-refractivity contribution is 5.35. The van der Waals surface area contributed by atoms with Gasteiger partial charge in [0.15, 0.2) is 0 Å². The molecule has 0 spiro atoms. The molecule has 0 amide bonds. The summed E-state index contributed by atoms with van der Waals surface area (Å²) in [6.07, 6.45) is 3.10. The molecule has 0 unspecified atom stereocenters.